The summed E-state index contributed by atoms with van der Waals surface area (Å²) in [4.78, 5) is 46.3. The number of amides is 2. The Kier molecular flexibility index (Phi) is 5.27. The maximum Gasteiger partial charge on any atom is 0.343 e. The summed E-state index contributed by atoms with van der Waals surface area (Å²) in [5.74, 6) is -0.00677. The molecule has 0 fully saturated rings. The van der Waals surface area contributed by atoms with Crippen molar-refractivity contribution in [3.63, 3.8) is 0 Å². The Bertz CT molecular complexity index is 1810. The Hall–Kier alpha value is -4.70. The van der Waals surface area contributed by atoms with Crippen molar-refractivity contribution < 1.29 is 24.2 Å². The van der Waals surface area contributed by atoms with Crippen molar-refractivity contribution >= 4 is 34.3 Å². The zero-order chi connectivity index (χ0) is 27.8. The van der Waals surface area contributed by atoms with Crippen LogP contribution in [-0.4, -0.2) is 40.3 Å². The third kappa shape index (κ3) is 3.32. The van der Waals surface area contributed by atoms with Crippen LogP contribution < -0.4 is 20.5 Å². The summed E-state index contributed by atoms with van der Waals surface area (Å²) in [6.45, 7) is 2.08. The number of aliphatic hydroxyl groups is 1. The predicted molar refractivity (Wildman–Crippen MR) is 148 cm³/mol. The number of hydrogen-bond donors (Lipinski definition) is 2. The number of nitrogens with one attached hydrogen (secondary N) is 1. The third-order valence-electron chi connectivity index (χ3n) is 8.22. The van der Waals surface area contributed by atoms with Crippen LogP contribution >= 0.6 is 0 Å². The van der Waals surface area contributed by atoms with E-state index in [-0.39, 0.29) is 42.3 Å². The molecule has 1 unspecified atom stereocenters. The summed E-state index contributed by atoms with van der Waals surface area (Å²) in [5, 5.41) is 15.0. The maximum atomic E-state index is 13.7. The maximum absolute atomic E-state index is 13.7. The summed E-state index contributed by atoms with van der Waals surface area (Å²) in [6.07, 6.45) is 0.663. The molecule has 2 aromatic heterocycles. The van der Waals surface area contributed by atoms with Gasteiger partial charge < -0.3 is 24.5 Å². The van der Waals surface area contributed by atoms with E-state index < -0.39 is 11.6 Å². The van der Waals surface area contributed by atoms with Gasteiger partial charge in [0.25, 0.3) is 5.56 Å². The highest BCUT2D eigenvalue weighted by atomic mass is 16.6. The molecule has 3 aliphatic rings. The van der Waals surface area contributed by atoms with Gasteiger partial charge in [-0.2, -0.15) is 0 Å². The van der Waals surface area contributed by atoms with Crippen molar-refractivity contribution in [2.45, 2.75) is 38.5 Å². The molecule has 0 saturated heterocycles. The molecule has 1 atom stereocenters. The van der Waals surface area contributed by atoms with E-state index in [1.54, 1.807) is 29.6 Å². The average Bonchev–Trinajstić information content (AvgIpc) is 3.34. The molecule has 202 valence electrons. The highest BCUT2D eigenvalue weighted by Gasteiger charge is 2.46. The van der Waals surface area contributed by atoms with Crippen molar-refractivity contribution in [1.29, 1.82) is 0 Å². The zero-order valence-corrected chi connectivity index (χ0v) is 22.0. The van der Waals surface area contributed by atoms with E-state index in [1.165, 1.54) is 0 Å². The SMILES string of the molecule is CCC1(O)C(=O)OCc2c1cc1n(c2=O)Cc2c-1nc1cccc3c1c2N(CCc1ccc(OC)cc1)C(=O)N3. The second-order valence-corrected chi connectivity index (χ2v) is 10.3. The quantitative estimate of drug-likeness (QED) is 0.327. The Labute approximate surface area is 228 Å². The lowest BCUT2D eigenvalue weighted by molar-refractivity contribution is -0.172. The van der Waals surface area contributed by atoms with Gasteiger partial charge in [0.2, 0.25) is 0 Å². The lowest BCUT2D eigenvalue weighted by atomic mass is 9.86. The molecule has 4 aromatic rings. The van der Waals surface area contributed by atoms with E-state index in [1.807, 2.05) is 42.5 Å². The Morgan fingerprint density at radius 2 is 1.93 bits per heavy atom. The molecule has 0 radical (unpaired) electrons. The topological polar surface area (TPSA) is 123 Å². The van der Waals surface area contributed by atoms with Crippen LogP contribution in [0.4, 0.5) is 16.2 Å². The number of benzene rings is 2. The molecule has 2 N–H and O–H groups in total. The number of cyclic esters (lactones) is 1. The molecule has 2 aromatic carbocycles. The predicted octanol–water partition coefficient (Wildman–Crippen LogP) is 3.68. The molecule has 7 rings (SSSR count). The molecule has 0 spiro atoms. The first-order chi connectivity index (χ1) is 19.3. The van der Waals surface area contributed by atoms with E-state index in [9.17, 15) is 19.5 Å². The van der Waals surface area contributed by atoms with Crippen LogP contribution in [0, 0.1) is 0 Å². The first-order valence-electron chi connectivity index (χ1n) is 13.2. The van der Waals surface area contributed by atoms with Crippen LogP contribution in [0.25, 0.3) is 22.3 Å². The van der Waals surface area contributed by atoms with Crippen molar-refractivity contribution in [1.82, 2.24) is 9.55 Å². The summed E-state index contributed by atoms with van der Waals surface area (Å²) in [5.41, 5.74) is 3.17. The number of methoxy groups -OCH3 is 1. The molecule has 3 aliphatic heterocycles. The minimum atomic E-state index is -1.91. The van der Waals surface area contributed by atoms with E-state index in [0.717, 1.165) is 22.3 Å². The number of carbonyl (C=O) groups excluding carboxylic acids is 2. The van der Waals surface area contributed by atoms with Gasteiger partial charge in [0.1, 0.15) is 12.4 Å². The number of aromatic nitrogens is 2. The van der Waals surface area contributed by atoms with Gasteiger partial charge in [0.05, 0.1) is 47.5 Å². The molecular formula is C30H26N4O6. The molecule has 40 heavy (non-hydrogen) atoms. The molecule has 5 heterocycles. The highest BCUT2D eigenvalue weighted by Crippen LogP contribution is 2.46. The lowest BCUT2D eigenvalue weighted by Gasteiger charge is -2.31. The Morgan fingerprint density at radius 1 is 1.12 bits per heavy atom. The smallest absolute Gasteiger partial charge is 0.343 e. The number of ether oxygens (including phenoxy) is 2. The fraction of sp³-hybridized carbons (Fsp3) is 0.267. The Morgan fingerprint density at radius 3 is 2.67 bits per heavy atom. The first kappa shape index (κ1) is 24.3. The summed E-state index contributed by atoms with van der Waals surface area (Å²) >= 11 is 0. The van der Waals surface area contributed by atoms with Crippen LogP contribution in [0.5, 0.6) is 5.75 Å². The summed E-state index contributed by atoms with van der Waals surface area (Å²) in [6, 6.07) is 14.7. The normalized spacial score (nSPS) is 18.6. The average molecular weight is 539 g/mol. The van der Waals surface area contributed by atoms with Crippen molar-refractivity contribution in [3.8, 4) is 17.1 Å². The summed E-state index contributed by atoms with van der Waals surface area (Å²) in [7, 11) is 1.62. The van der Waals surface area contributed by atoms with E-state index in [4.69, 9.17) is 14.5 Å². The van der Waals surface area contributed by atoms with Gasteiger partial charge in [-0.25, -0.2) is 14.6 Å². The lowest BCUT2D eigenvalue weighted by Crippen LogP contribution is -2.44. The minimum Gasteiger partial charge on any atom is -0.497 e. The number of pyridine rings is 2. The van der Waals surface area contributed by atoms with Gasteiger partial charge in [0, 0.05) is 23.1 Å². The van der Waals surface area contributed by atoms with Crippen LogP contribution in [0.15, 0.2) is 53.3 Å². The number of fused-ring (bicyclic) bond motifs is 5. The zero-order valence-electron chi connectivity index (χ0n) is 22.0. The van der Waals surface area contributed by atoms with Crippen LogP contribution in [0.2, 0.25) is 0 Å². The molecule has 0 aliphatic carbocycles. The fourth-order valence-electron chi connectivity index (χ4n) is 6.04. The summed E-state index contributed by atoms with van der Waals surface area (Å²) < 4.78 is 12.0. The highest BCUT2D eigenvalue weighted by molar-refractivity contribution is 6.19. The molecular weight excluding hydrogens is 512 g/mol. The van der Waals surface area contributed by atoms with Gasteiger partial charge >= 0.3 is 12.0 Å². The number of carbonyl (C=O) groups is 2. The number of rotatable bonds is 5. The van der Waals surface area contributed by atoms with E-state index >= 15 is 0 Å². The second-order valence-electron chi connectivity index (χ2n) is 10.3. The van der Waals surface area contributed by atoms with Crippen molar-refractivity contribution in [2.24, 2.45) is 0 Å². The van der Waals surface area contributed by atoms with Gasteiger partial charge in [-0.3, -0.25) is 9.69 Å². The van der Waals surface area contributed by atoms with Gasteiger partial charge in [-0.1, -0.05) is 25.1 Å². The van der Waals surface area contributed by atoms with Gasteiger partial charge in [-0.15, -0.1) is 0 Å². The second kappa shape index (κ2) is 8.65. The van der Waals surface area contributed by atoms with Crippen molar-refractivity contribution in [2.75, 3.05) is 23.9 Å². The molecule has 10 heteroatoms. The van der Waals surface area contributed by atoms with Gasteiger partial charge in [0.15, 0.2) is 5.60 Å². The standard InChI is InChI=1S/C30H26N4O6/c1-3-30(38)20-13-23-25-18(14-34(23)27(35)19(20)15-40-28(30)36)26-24-21(31-25)5-4-6-22(24)32-29(37)33(26)12-11-16-7-9-17(39-2)10-8-16/h4-10,13,38H,3,11-12,14-15H2,1-2H3,(H,32,37). The van der Waals surface area contributed by atoms with E-state index in [0.29, 0.717) is 41.2 Å². The Balaban J connectivity index is 1.39. The van der Waals surface area contributed by atoms with Crippen LogP contribution in [-0.2, 0) is 34.7 Å². The largest absolute Gasteiger partial charge is 0.497 e. The molecule has 0 bridgehead atoms. The number of nitrogens with zero attached hydrogens (tertiary/aromatic N) is 3. The van der Waals surface area contributed by atoms with Gasteiger partial charge in [-0.05, 0) is 48.7 Å². The third-order valence-corrected chi connectivity index (χ3v) is 8.22. The van der Waals surface area contributed by atoms with Crippen molar-refractivity contribution in [3.05, 3.63) is 81.1 Å². The van der Waals surface area contributed by atoms with Crippen LogP contribution in [0.1, 0.15) is 35.6 Å². The first-order valence-corrected chi connectivity index (χ1v) is 13.2. The molecule has 2 amide bonds. The number of anilines is 2. The number of urea groups is 1. The number of hydrogen-bond acceptors (Lipinski definition) is 7. The van der Waals surface area contributed by atoms with E-state index in [2.05, 4.69) is 5.32 Å². The molecule has 10 nitrogen and oxygen atoms in total. The van der Waals surface area contributed by atoms with Crippen LogP contribution in [0.3, 0.4) is 0 Å². The fourth-order valence-corrected chi connectivity index (χ4v) is 6.04. The number of esters is 1. The minimum absolute atomic E-state index is 0.0631. The molecule has 0 saturated carbocycles. The monoisotopic (exact) mass is 538 g/mol.